The Morgan fingerprint density at radius 1 is 1.07 bits per heavy atom. The highest BCUT2D eigenvalue weighted by atomic mass is 19.4. The van der Waals surface area contributed by atoms with Crippen LogP contribution in [-0.2, 0) is 0 Å². The van der Waals surface area contributed by atoms with E-state index in [0.717, 1.165) is 28.0 Å². The van der Waals surface area contributed by atoms with Crippen LogP contribution in [0.2, 0.25) is 0 Å². The highest BCUT2D eigenvalue weighted by molar-refractivity contribution is 5.64. The first-order valence-corrected chi connectivity index (χ1v) is 8.42. The number of allylic oxidation sites excluding steroid dienone is 5. The minimum Gasteiger partial charge on any atom is -0.496 e. The predicted molar refractivity (Wildman–Crippen MR) is 102 cm³/mol. The lowest BCUT2D eigenvalue weighted by Gasteiger charge is -2.18. The van der Waals surface area contributed by atoms with Gasteiger partial charge in [-0.15, -0.1) is 0 Å². The van der Waals surface area contributed by atoms with E-state index in [1.54, 1.807) is 32.1 Å². The van der Waals surface area contributed by atoms with Crippen molar-refractivity contribution >= 4 is 6.08 Å². The van der Waals surface area contributed by atoms with E-state index >= 15 is 0 Å². The molecule has 0 N–H and O–H groups in total. The summed E-state index contributed by atoms with van der Waals surface area (Å²) in [7, 11) is 1.58. The van der Waals surface area contributed by atoms with Crippen molar-refractivity contribution in [3.63, 3.8) is 0 Å². The summed E-state index contributed by atoms with van der Waals surface area (Å²) >= 11 is 0. The van der Waals surface area contributed by atoms with Gasteiger partial charge in [-0.3, -0.25) is 0 Å². The number of ether oxygens (including phenoxy) is 1. The van der Waals surface area contributed by atoms with Gasteiger partial charge in [-0.05, 0) is 67.7 Å². The molecular weight excluding hydrogens is 389 g/mol. The molecule has 0 unspecified atom stereocenters. The van der Waals surface area contributed by atoms with Gasteiger partial charge in [-0.2, -0.15) is 27.2 Å². The predicted octanol–water partition coefficient (Wildman–Crippen LogP) is 6.23. The Labute approximate surface area is 167 Å². The van der Waals surface area contributed by atoms with Gasteiger partial charge < -0.3 is 4.74 Å². The Morgan fingerprint density at radius 2 is 1.69 bits per heavy atom. The van der Waals surface area contributed by atoms with Gasteiger partial charge in [0.1, 0.15) is 5.75 Å². The Bertz CT molecular complexity index is 964. The first kappa shape index (κ1) is 24.0. The van der Waals surface area contributed by atoms with Crippen molar-refractivity contribution in [1.82, 2.24) is 0 Å². The molecule has 0 aromatic heterocycles. The lowest BCUT2D eigenvalue weighted by molar-refractivity contribution is -0.262. The number of hydrogen-bond donors (Lipinski definition) is 0. The molecule has 0 saturated heterocycles. The van der Waals surface area contributed by atoms with Crippen molar-refractivity contribution in [2.24, 2.45) is 0 Å². The average Bonchev–Trinajstić information content (AvgIpc) is 2.62. The molecule has 0 aliphatic carbocycles. The maximum Gasteiger partial charge on any atom is 0.458 e. The zero-order chi connectivity index (χ0) is 22.4. The van der Waals surface area contributed by atoms with Crippen molar-refractivity contribution in [3.05, 3.63) is 57.7 Å². The van der Waals surface area contributed by atoms with Crippen LogP contribution in [0.4, 0.5) is 22.0 Å². The molecule has 0 aliphatic rings. The average molecular weight is 409 g/mol. The van der Waals surface area contributed by atoms with Gasteiger partial charge in [-0.25, -0.2) is 0 Å². The van der Waals surface area contributed by atoms with Gasteiger partial charge in [0.15, 0.2) is 0 Å². The molecule has 1 aromatic rings. The summed E-state index contributed by atoms with van der Waals surface area (Å²) in [5, 5.41) is 8.47. The van der Waals surface area contributed by atoms with Crippen LogP contribution in [0, 0.1) is 43.9 Å². The monoisotopic (exact) mass is 409 g/mol. The Balaban J connectivity index is 3.18. The molecule has 29 heavy (non-hydrogen) atoms. The van der Waals surface area contributed by atoms with E-state index < -0.39 is 17.7 Å². The third-order valence-corrected chi connectivity index (χ3v) is 4.25. The van der Waals surface area contributed by atoms with Crippen LogP contribution >= 0.6 is 0 Å². The quantitative estimate of drug-likeness (QED) is 0.256. The minimum atomic E-state index is -5.83. The normalized spacial score (nSPS) is 13.1. The first-order chi connectivity index (χ1) is 13.4. The van der Waals surface area contributed by atoms with E-state index in [0.29, 0.717) is 5.57 Å². The van der Waals surface area contributed by atoms with E-state index in [-0.39, 0.29) is 6.08 Å². The summed E-state index contributed by atoms with van der Waals surface area (Å²) in [6.45, 7) is 7.39. The lowest BCUT2D eigenvalue weighted by atomic mass is 9.96. The van der Waals surface area contributed by atoms with E-state index in [1.807, 2.05) is 26.8 Å². The van der Waals surface area contributed by atoms with E-state index in [4.69, 9.17) is 10.00 Å². The van der Waals surface area contributed by atoms with Gasteiger partial charge in [-0.1, -0.05) is 24.0 Å². The molecule has 7 heteroatoms. The Kier molecular flexibility index (Phi) is 7.79. The zero-order valence-corrected chi connectivity index (χ0v) is 16.6. The molecule has 1 aromatic carbocycles. The van der Waals surface area contributed by atoms with Crippen LogP contribution in [0.3, 0.4) is 0 Å². The van der Waals surface area contributed by atoms with Crippen molar-refractivity contribution in [3.8, 4) is 23.7 Å². The number of benzene rings is 1. The number of alkyl halides is 5. The van der Waals surface area contributed by atoms with E-state index in [2.05, 4.69) is 5.92 Å². The molecule has 1 rings (SSSR count). The summed E-state index contributed by atoms with van der Waals surface area (Å²) in [5.74, 6) is -0.535. The Hall–Kier alpha value is -3.06. The molecule has 0 heterocycles. The largest absolute Gasteiger partial charge is 0.496 e. The third-order valence-electron chi connectivity index (χ3n) is 4.25. The van der Waals surface area contributed by atoms with E-state index in [1.165, 1.54) is 12.1 Å². The highest BCUT2D eigenvalue weighted by Gasteiger charge is 2.59. The van der Waals surface area contributed by atoms with Crippen molar-refractivity contribution in [2.45, 2.75) is 39.8 Å². The maximum absolute atomic E-state index is 13.4. The Morgan fingerprint density at radius 3 is 2.21 bits per heavy atom. The number of rotatable bonds is 4. The molecule has 0 atom stereocenters. The fraction of sp³-hybridized carbons (Fsp3) is 0.318. The van der Waals surface area contributed by atoms with Crippen LogP contribution < -0.4 is 4.74 Å². The summed E-state index contributed by atoms with van der Waals surface area (Å²) in [6.07, 6.45) is -1.04. The van der Waals surface area contributed by atoms with Crippen LogP contribution in [0.5, 0.6) is 5.75 Å². The standard InChI is InChI=1S/C22H20F5NO/c1-14(7-6-8-18(11-12-28)21(23,24)22(25,26)27)9-10-19-15(2)13-20(29-5)17(4)16(19)3/h7,9-11,13H,1-5H3/b10-9+,14-7+,18-11-. The molecule has 0 saturated carbocycles. The van der Waals surface area contributed by atoms with Crippen LogP contribution in [-0.4, -0.2) is 19.2 Å². The molecule has 0 amide bonds. The molecule has 0 bridgehead atoms. The molecule has 0 spiro atoms. The van der Waals surface area contributed by atoms with Crippen molar-refractivity contribution in [2.75, 3.05) is 7.11 Å². The van der Waals surface area contributed by atoms with Crippen molar-refractivity contribution in [1.29, 1.82) is 5.26 Å². The number of methoxy groups -OCH3 is 1. The number of nitrogens with zero attached hydrogens (tertiary/aromatic N) is 1. The van der Waals surface area contributed by atoms with Crippen LogP contribution in [0.1, 0.15) is 29.2 Å². The number of aryl methyl sites for hydroxylation is 1. The zero-order valence-electron chi connectivity index (χ0n) is 16.6. The molecule has 0 aliphatic heterocycles. The maximum atomic E-state index is 13.4. The van der Waals surface area contributed by atoms with Gasteiger partial charge in [0.05, 0.1) is 18.8 Å². The minimum absolute atomic E-state index is 0.104. The molecule has 0 fully saturated rings. The molecule has 154 valence electrons. The summed E-state index contributed by atoms with van der Waals surface area (Å²) in [5.41, 5.74) is 2.82. The second-order valence-corrected chi connectivity index (χ2v) is 6.31. The summed E-state index contributed by atoms with van der Waals surface area (Å²) in [4.78, 5) is 0. The van der Waals surface area contributed by atoms with Gasteiger partial charge >= 0.3 is 12.1 Å². The number of hydrogen-bond acceptors (Lipinski definition) is 2. The second kappa shape index (κ2) is 9.43. The number of halogens is 5. The topological polar surface area (TPSA) is 33.0 Å². The summed E-state index contributed by atoms with van der Waals surface area (Å²) in [6, 6.07) is 3.06. The summed E-state index contributed by atoms with van der Waals surface area (Å²) < 4.78 is 69.4. The third kappa shape index (κ3) is 5.71. The smallest absolute Gasteiger partial charge is 0.458 e. The van der Waals surface area contributed by atoms with Crippen LogP contribution in [0.15, 0.2) is 35.4 Å². The van der Waals surface area contributed by atoms with E-state index in [9.17, 15) is 22.0 Å². The SMILES string of the molecule is COc1cc(C)c(/C=C/C(C)=C/C#C/C(=C/C#N)C(F)(F)C(F)(F)F)c(C)c1C. The second-order valence-electron chi connectivity index (χ2n) is 6.31. The molecule has 0 radical (unpaired) electrons. The first-order valence-electron chi connectivity index (χ1n) is 8.42. The lowest BCUT2D eigenvalue weighted by Crippen LogP contribution is -2.37. The number of nitriles is 1. The van der Waals surface area contributed by atoms with Crippen LogP contribution in [0.25, 0.3) is 6.08 Å². The van der Waals surface area contributed by atoms with Gasteiger partial charge in [0, 0.05) is 6.08 Å². The van der Waals surface area contributed by atoms with Gasteiger partial charge in [0.25, 0.3) is 0 Å². The highest BCUT2D eigenvalue weighted by Crippen LogP contribution is 2.40. The fourth-order valence-corrected chi connectivity index (χ4v) is 2.45. The molecular formula is C22H20F5NO. The molecule has 2 nitrogen and oxygen atoms in total. The van der Waals surface area contributed by atoms with Gasteiger partial charge in [0.2, 0.25) is 0 Å². The van der Waals surface area contributed by atoms with Crippen molar-refractivity contribution < 1.29 is 26.7 Å². The fourth-order valence-electron chi connectivity index (χ4n) is 2.45.